The molecule has 2 N–H and O–H groups in total. The number of para-hydroxylation sites is 1. The molecule has 0 saturated heterocycles. The Morgan fingerprint density at radius 3 is 2.84 bits per heavy atom. The number of hydrogen-bond acceptors (Lipinski definition) is 4. The van der Waals surface area contributed by atoms with Crippen LogP contribution < -0.4 is 15.4 Å². The molecule has 4 rings (SSSR count). The van der Waals surface area contributed by atoms with E-state index in [0.717, 1.165) is 28.4 Å². The predicted molar refractivity (Wildman–Crippen MR) is 96.2 cm³/mol. The number of fused-ring (bicyclic) bond motifs is 1. The average Bonchev–Trinajstić information content (AvgIpc) is 3.21. The zero-order valence-electron chi connectivity index (χ0n) is 13.8. The van der Waals surface area contributed by atoms with Gasteiger partial charge in [-0.25, -0.2) is 0 Å². The summed E-state index contributed by atoms with van der Waals surface area (Å²) in [5.41, 5.74) is 3.45. The Bertz CT molecular complexity index is 919. The summed E-state index contributed by atoms with van der Waals surface area (Å²) in [7, 11) is 1.86. The van der Waals surface area contributed by atoms with Gasteiger partial charge >= 0.3 is 0 Å². The van der Waals surface area contributed by atoms with Gasteiger partial charge in [-0.1, -0.05) is 24.3 Å². The maximum absolute atomic E-state index is 12.6. The average molecular weight is 334 g/mol. The van der Waals surface area contributed by atoms with Crippen LogP contribution in [-0.4, -0.2) is 22.3 Å². The van der Waals surface area contributed by atoms with E-state index in [1.54, 1.807) is 10.9 Å². The van der Waals surface area contributed by atoms with E-state index in [4.69, 9.17) is 4.74 Å². The number of rotatable bonds is 4. The molecule has 6 nitrogen and oxygen atoms in total. The molecule has 3 aromatic rings. The molecule has 0 radical (unpaired) electrons. The number of hydrogen-bond donors (Lipinski definition) is 2. The highest BCUT2D eigenvalue weighted by molar-refractivity contribution is 5.97. The molecule has 1 aromatic heterocycles. The van der Waals surface area contributed by atoms with Gasteiger partial charge in [0, 0.05) is 30.2 Å². The van der Waals surface area contributed by atoms with Crippen LogP contribution in [0.15, 0.2) is 60.9 Å². The molecule has 0 spiro atoms. The fraction of sp³-hybridized carbons (Fsp3) is 0.158. The van der Waals surface area contributed by atoms with Crippen molar-refractivity contribution in [2.75, 3.05) is 17.2 Å². The van der Waals surface area contributed by atoms with Crippen molar-refractivity contribution in [3.63, 3.8) is 0 Å². The van der Waals surface area contributed by atoms with Gasteiger partial charge in [0.05, 0.1) is 11.9 Å². The third-order valence-electron chi connectivity index (χ3n) is 4.14. The van der Waals surface area contributed by atoms with E-state index in [1.165, 1.54) is 0 Å². The van der Waals surface area contributed by atoms with Gasteiger partial charge in [-0.05, 0) is 24.3 Å². The lowest BCUT2D eigenvalue weighted by Gasteiger charge is -2.12. The summed E-state index contributed by atoms with van der Waals surface area (Å²) in [6.45, 7) is 0.374. The minimum absolute atomic E-state index is 0.0662. The number of carbonyl (C=O) groups excluding carboxylic acids is 1. The summed E-state index contributed by atoms with van der Waals surface area (Å²) in [6.07, 6.45) is 3.64. The van der Waals surface area contributed by atoms with Gasteiger partial charge in [-0.15, -0.1) is 0 Å². The van der Waals surface area contributed by atoms with Crippen molar-refractivity contribution >= 4 is 23.0 Å². The van der Waals surface area contributed by atoms with Crippen molar-refractivity contribution in [2.24, 2.45) is 7.05 Å². The van der Waals surface area contributed by atoms with E-state index in [9.17, 15) is 4.79 Å². The third kappa shape index (κ3) is 3.19. The summed E-state index contributed by atoms with van der Waals surface area (Å²) in [5, 5.41) is 10.4. The lowest BCUT2D eigenvalue weighted by atomic mass is 10.0. The Hall–Kier alpha value is -3.28. The predicted octanol–water partition coefficient (Wildman–Crippen LogP) is 3.28. The van der Waals surface area contributed by atoms with Crippen molar-refractivity contribution in [1.82, 2.24) is 9.78 Å². The highest BCUT2D eigenvalue weighted by Gasteiger charge is 2.29. The summed E-state index contributed by atoms with van der Waals surface area (Å²) < 4.78 is 7.32. The largest absolute Gasteiger partial charge is 0.492 e. The topological polar surface area (TPSA) is 68.2 Å². The normalized spacial score (nSPS) is 15.3. The molecule has 0 aliphatic carbocycles. The zero-order chi connectivity index (χ0) is 17.2. The van der Waals surface area contributed by atoms with Crippen LogP contribution in [0.5, 0.6) is 5.75 Å². The van der Waals surface area contributed by atoms with Crippen LogP contribution in [0.3, 0.4) is 0 Å². The van der Waals surface area contributed by atoms with E-state index in [0.29, 0.717) is 6.61 Å². The fourth-order valence-corrected chi connectivity index (χ4v) is 2.94. The van der Waals surface area contributed by atoms with E-state index in [1.807, 2.05) is 61.8 Å². The highest BCUT2D eigenvalue weighted by Crippen LogP contribution is 2.34. The summed E-state index contributed by atoms with van der Waals surface area (Å²) in [5.74, 6) is 0.435. The number of aryl methyl sites for hydroxylation is 1. The van der Waals surface area contributed by atoms with Crippen LogP contribution in [0.4, 0.5) is 17.1 Å². The van der Waals surface area contributed by atoms with Gasteiger partial charge in [-0.3, -0.25) is 9.48 Å². The first kappa shape index (κ1) is 15.3. The second-order valence-corrected chi connectivity index (χ2v) is 6.00. The first-order valence-electron chi connectivity index (χ1n) is 8.07. The molecule has 0 fully saturated rings. The molecule has 0 bridgehead atoms. The number of nitrogens with zero attached hydrogens (tertiary/aromatic N) is 2. The standard InChI is InChI=1S/C19H18N4O2/c1-23-11-15(10-20-23)21-13-5-4-6-14(9-13)22-19(24)17-12-25-18-8-3-2-7-16(17)18/h2-11,17,21H,12H2,1H3,(H,22,24)/t17-/m1/s1. The lowest BCUT2D eigenvalue weighted by molar-refractivity contribution is -0.117. The SMILES string of the molecule is Cn1cc(Nc2cccc(NC(=O)[C@@H]3COc4ccccc43)c2)cn1. The minimum Gasteiger partial charge on any atom is -0.492 e. The van der Waals surface area contributed by atoms with E-state index < -0.39 is 0 Å². The minimum atomic E-state index is -0.286. The van der Waals surface area contributed by atoms with Crippen molar-refractivity contribution in [1.29, 1.82) is 0 Å². The Morgan fingerprint density at radius 1 is 1.16 bits per heavy atom. The van der Waals surface area contributed by atoms with Gasteiger partial charge in [0.2, 0.25) is 5.91 Å². The van der Waals surface area contributed by atoms with E-state index in [-0.39, 0.29) is 11.8 Å². The number of amides is 1. The third-order valence-corrected chi connectivity index (χ3v) is 4.14. The van der Waals surface area contributed by atoms with Gasteiger partial charge < -0.3 is 15.4 Å². The molecule has 1 atom stereocenters. The number of ether oxygens (including phenoxy) is 1. The number of nitrogens with one attached hydrogen (secondary N) is 2. The Morgan fingerprint density at radius 2 is 2.00 bits per heavy atom. The first-order chi connectivity index (χ1) is 12.2. The van der Waals surface area contributed by atoms with Gasteiger partial charge in [0.25, 0.3) is 0 Å². The second kappa shape index (κ2) is 6.32. The smallest absolute Gasteiger partial charge is 0.235 e. The first-order valence-corrected chi connectivity index (χ1v) is 8.07. The molecule has 0 saturated carbocycles. The maximum atomic E-state index is 12.6. The number of benzene rings is 2. The van der Waals surface area contributed by atoms with Crippen LogP contribution >= 0.6 is 0 Å². The molecule has 1 aliphatic rings. The molecular formula is C19H18N4O2. The molecule has 2 heterocycles. The lowest BCUT2D eigenvalue weighted by Crippen LogP contribution is -2.22. The van der Waals surface area contributed by atoms with Crippen LogP contribution in [-0.2, 0) is 11.8 Å². The summed E-state index contributed by atoms with van der Waals surface area (Å²) >= 11 is 0. The molecule has 25 heavy (non-hydrogen) atoms. The molecule has 6 heteroatoms. The Kier molecular flexibility index (Phi) is 3.85. The molecule has 1 amide bonds. The fourth-order valence-electron chi connectivity index (χ4n) is 2.94. The molecule has 1 aliphatic heterocycles. The van der Waals surface area contributed by atoms with E-state index in [2.05, 4.69) is 15.7 Å². The quantitative estimate of drug-likeness (QED) is 0.768. The van der Waals surface area contributed by atoms with E-state index >= 15 is 0 Å². The molecule has 0 unspecified atom stereocenters. The number of aromatic nitrogens is 2. The van der Waals surface area contributed by atoms with Crippen molar-refractivity contribution in [3.8, 4) is 5.75 Å². The molecule has 126 valence electrons. The van der Waals surface area contributed by atoms with Crippen LogP contribution in [0.1, 0.15) is 11.5 Å². The van der Waals surface area contributed by atoms with Crippen LogP contribution in [0, 0.1) is 0 Å². The molecular weight excluding hydrogens is 316 g/mol. The van der Waals surface area contributed by atoms with Crippen molar-refractivity contribution in [2.45, 2.75) is 5.92 Å². The summed E-state index contributed by atoms with van der Waals surface area (Å²) in [6, 6.07) is 15.3. The van der Waals surface area contributed by atoms with Crippen molar-refractivity contribution in [3.05, 3.63) is 66.5 Å². The number of carbonyl (C=O) groups is 1. The monoisotopic (exact) mass is 334 g/mol. The number of anilines is 3. The second-order valence-electron chi connectivity index (χ2n) is 6.00. The Balaban J connectivity index is 1.48. The maximum Gasteiger partial charge on any atom is 0.235 e. The molecule has 2 aromatic carbocycles. The van der Waals surface area contributed by atoms with Crippen molar-refractivity contribution < 1.29 is 9.53 Å². The zero-order valence-corrected chi connectivity index (χ0v) is 13.8. The highest BCUT2D eigenvalue weighted by atomic mass is 16.5. The summed E-state index contributed by atoms with van der Waals surface area (Å²) in [4.78, 5) is 12.6. The van der Waals surface area contributed by atoms with Gasteiger partial charge in [0.15, 0.2) is 0 Å². The van der Waals surface area contributed by atoms with Crippen LogP contribution in [0.2, 0.25) is 0 Å². The van der Waals surface area contributed by atoms with Gasteiger partial charge in [-0.2, -0.15) is 5.10 Å². The van der Waals surface area contributed by atoms with Gasteiger partial charge in [0.1, 0.15) is 18.3 Å². The van der Waals surface area contributed by atoms with Crippen LogP contribution in [0.25, 0.3) is 0 Å². The Labute approximate surface area is 145 Å².